The maximum atomic E-state index is 11.8. The Balaban J connectivity index is 0.00000289. The molecule has 0 aromatic rings. The van der Waals surface area contributed by atoms with E-state index in [2.05, 4.69) is 24.5 Å². The largest absolute Gasteiger partial charge is 0.369 e. The van der Waals surface area contributed by atoms with Gasteiger partial charge in [-0.05, 0) is 38.6 Å². The first-order valence-electron chi connectivity index (χ1n) is 6.72. The lowest BCUT2D eigenvalue weighted by Crippen LogP contribution is -2.48. The van der Waals surface area contributed by atoms with E-state index in [0.717, 1.165) is 32.4 Å². The van der Waals surface area contributed by atoms with Crippen LogP contribution in [0, 0.1) is 5.92 Å². The molecule has 0 saturated carbocycles. The van der Waals surface area contributed by atoms with E-state index < -0.39 is 0 Å². The number of halogens is 1. The van der Waals surface area contributed by atoms with Crippen molar-refractivity contribution in [3.05, 3.63) is 0 Å². The van der Waals surface area contributed by atoms with E-state index in [1.54, 1.807) is 0 Å². The lowest BCUT2D eigenvalue weighted by atomic mass is 10.1. The van der Waals surface area contributed by atoms with E-state index in [9.17, 15) is 4.79 Å². The summed E-state index contributed by atoms with van der Waals surface area (Å²) in [5, 5.41) is 6.31. The molecule has 2 unspecified atom stereocenters. The van der Waals surface area contributed by atoms with Gasteiger partial charge in [0, 0.05) is 19.2 Å². The van der Waals surface area contributed by atoms with Crippen LogP contribution < -0.4 is 10.6 Å². The number of carbonyl (C=O) groups is 1. The number of nitrogens with one attached hydrogen (secondary N) is 2. The van der Waals surface area contributed by atoms with E-state index in [-0.39, 0.29) is 30.5 Å². The standard InChI is InChI=1S/C13H26N2O2.ClH/c1-10(2)6-8-17-11(3)13(16)15-12-5-4-7-14-9-12;/h10-12,14H,4-9H2,1-3H3,(H,15,16);1H. The Morgan fingerprint density at radius 1 is 1.44 bits per heavy atom. The number of amides is 1. The van der Waals surface area contributed by atoms with Gasteiger partial charge in [-0.25, -0.2) is 0 Å². The van der Waals surface area contributed by atoms with Crippen molar-refractivity contribution >= 4 is 18.3 Å². The zero-order valence-corrected chi connectivity index (χ0v) is 12.5. The van der Waals surface area contributed by atoms with Crippen molar-refractivity contribution in [2.75, 3.05) is 19.7 Å². The molecule has 0 radical (unpaired) electrons. The molecule has 0 spiro atoms. The van der Waals surface area contributed by atoms with Crippen LogP contribution in [0.4, 0.5) is 0 Å². The van der Waals surface area contributed by atoms with Crippen LogP contribution in [-0.2, 0) is 9.53 Å². The van der Waals surface area contributed by atoms with Crippen LogP contribution >= 0.6 is 12.4 Å². The molecular formula is C13H27ClN2O2. The summed E-state index contributed by atoms with van der Waals surface area (Å²) >= 11 is 0. The first-order valence-corrected chi connectivity index (χ1v) is 6.72. The highest BCUT2D eigenvalue weighted by Gasteiger charge is 2.19. The molecule has 1 saturated heterocycles. The quantitative estimate of drug-likeness (QED) is 0.778. The fourth-order valence-corrected chi connectivity index (χ4v) is 1.85. The van der Waals surface area contributed by atoms with Gasteiger partial charge in [0.25, 0.3) is 0 Å². The van der Waals surface area contributed by atoms with Gasteiger partial charge >= 0.3 is 0 Å². The van der Waals surface area contributed by atoms with E-state index in [1.165, 1.54) is 0 Å². The van der Waals surface area contributed by atoms with Gasteiger partial charge in [-0.3, -0.25) is 4.79 Å². The Labute approximate surface area is 117 Å². The van der Waals surface area contributed by atoms with Gasteiger partial charge in [0.15, 0.2) is 0 Å². The van der Waals surface area contributed by atoms with Gasteiger partial charge in [0.1, 0.15) is 6.10 Å². The highest BCUT2D eigenvalue weighted by atomic mass is 35.5. The predicted octanol–water partition coefficient (Wildman–Crippen LogP) is 1.73. The first kappa shape index (κ1) is 17.7. The fourth-order valence-electron chi connectivity index (χ4n) is 1.85. The van der Waals surface area contributed by atoms with E-state index in [0.29, 0.717) is 12.5 Å². The summed E-state index contributed by atoms with van der Waals surface area (Å²) in [6, 6.07) is 0.271. The molecule has 1 aliphatic rings. The molecule has 108 valence electrons. The first-order chi connectivity index (χ1) is 8.09. The number of ether oxygens (including phenoxy) is 1. The fraction of sp³-hybridized carbons (Fsp3) is 0.923. The molecule has 2 N–H and O–H groups in total. The average molecular weight is 279 g/mol. The van der Waals surface area contributed by atoms with Crippen LogP contribution in [0.1, 0.15) is 40.0 Å². The number of hydrogen-bond donors (Lipinski definition) is 2. The van der Waals surface area contributed by atoms with E-state index in [4.69, 9.17) is 4.74 Å². The van der Waals surface area contributed by atoms with Gasteiger partial charge in [-0.1, -0.05) is 13.8 Å². The third kappa shape index (κ3) is 7.19. The summed E-state index contributed by atoms with van der Waals surface area (Å²) in [4.78, 5) is 11.8. The van der Waals surface area contributed by atoms with E-state index in [1.807, 2.05) is 6.92 Å². The van der Waals surface area contributed by atoms with Crippen molar-refractivity contribution in [2.45, 2.75) is 52.2 Å². The zero-order chi connectivity index (χ0) is 12.7. The number of rotatable bonds is 6. The van der Waals surface area contributed by atoms with Gasteiger partial charge in [0.2, 0.25) is 5.91 Å². The molecule has 5 heteroatoms. The van der Waals surface area contributed by atoms with Gasteiger partial charge in [-0.15, -0.1) is 12.4 Å². The van der Waals surface area contributed by atoms with Gasteiger partial charge in [-0.2, -0.15) is 0 Å². The summed E-state index contributed by atoms with van der Waals surface area (Å²) < 4.78 is 5.52. The van der Waals surface area contributed by atoms with Crippen molar-refractivity contribution in [3.8, 4) is 0 Å². The van der Waals surface area contributed by atoms with Crippen molar-refractivity contribution < 1.29 is 9.53 Å². The lowest BCUT2D eigenvalue weighted by molar-refractivity contribution is -0.132. The van der Waals surface area contributed by atoms with Crippen molar-refractivity contribution in [1.82, 2.24) is 10.6 Å². The summed E-state index contributed by atoms with van der Waals surface area (Å²) in [6.45, 7) is 8.74. The van der Waals surface area contributed by atoms with Gasteiger partial charge < -0.3 is 15.4 Å². The summed E-state index contributed by atoms with van der Waals surface area (Å²) in [5.41, 5.74) is 0. The van der Waals surface area contributed by atoms with Gasteiger partial charge in [0.05, 0.1) is 0 Å². The molecule has 0 aromatic heterocycles. The normalized spacial score (nSPS) is 21.2. The maximum absolute atomic E-state index is 11.8. The number of carbonyl (C=O) groups excluding carboxylic acids is 1. The van der Waals surface area contributed by atoms with Crippen molar-refractivity contribution in [2.24, 2.45) is 5.92 Å². The van der Waals surface area contributed by atoms with Crippen LogP contribution in [0.2, 0.25) is 0 Å². The molecule has 1 heterocycles. The molecule has 4 nitrogen and oxygen atoms in total. The SMILES string of the molecule is CC(C)CCOC(C)C(=O)NC1CCCNC1.Cl. The highest BCUT2D eigenvalue weighted by molar-refractivity contribution is 5.85. The third-order valence-corrected chi connectivity index (χ3v) is 3.08. The Hall–Kier alpha value is -0.320. The maximum Gasteiger partial charge on any atom is 0.249 e. The van der Waals surface area contributed by atoms with Crippen LogP contribution in [0.15, 0.2) is 0 Å². The third-order valence-electron chi connectivity index (χ3n) is 3.08. The predicted molar refractivity (Wildman–Crippen MR) is 76.2 cm³/mol. The molecule has 1 fully saturated rings. The molecule has 1 rings (SSSR count). The Bertz CT molecular complexity index is 231. The molecule has 2 atom stereocenters. The summed E-state index contributed by atoms with van der Waals surface area (Å²) in [5.74, 6) is 0.635. The lowest BCUT2D eigenvalue weighted by Gasteiger charge is -2.25. The molecule has 0 aliphatic carbocycles. The van der Waals surface area contributed by atoms with Crippen LogP contribution in [0.5, 0.6) is 0 Å². The minimum Gasteiger partial charge on any atom is -0.369 e. The second-order valence-electron chi connectivity index (χ2n) is 5.25. The molecular weight excluding hydrogens is 252 g/mol. The molecule has 18 heavy (non-hydrogen) atoms. The Morgan fingerprint density at radius 2 is 2.17 bits per heavy atom. The summed E-state index contributed by atoms with van der Waals surface area (Å²) in [6.07, 6.45) is 2.86. The minimum absolute atomic E-state index is 0. The minimum atomic E-state index is -0.337. The second kappa shape index (κ2) is 9.59. The topological polar surface area (TPSA) is 50.4 Å². The van der Waals surface area contributed by atoms with Crippen LogP contribution in [-0.4, -0.2) is 37.7 Å². The number of piperidine rings is 1. The molecule has 0 bridgehead atoms. The number of hydrogen-bond acceptors (Lipinski definition) is 3. The molecule has 1 amide bonds. The highest BCUT2D eigenvalue weighted by Crippen LogP contribution is 2.04. The Kier molecular flexibility index (Phi) is 9.42. The molecule has 1 aliphatic heterocycles. The van der Waals surface area contributed by atoms with Crippen LogP contribution in [0.25, 0.3) is 0 Å². The average Bonchev–Trinajstić information content (AvgIpc) is 2.29. The molecule has 0 aromatic carbocycles. The van der Waals surface area contributed by atoms with Crippen LogP contribution in [0.3, 0.4) is 0 Å². The van der Waals surface area contributed by atoms with Crippen molar-refractivity contribution in [1.29, 1.82) is 0 Å². The van der Waals surface area contributed by atoms with E-state index >= 15 is 0 Å². The monoisotopic (exact) mass is 278 g/mol. The zero-order valence-electron chi connectivity index (χ0n) is 11.7. The van der Waals surface area contributed by atoms with Crippen molar-refractivity contribution in [3.63, 3.8) is 0 Å². The smallest absolute Gasteiger partial charge is 0.249 e. The Morgan fingerprint density at radius 3 is 2.72 bits per heavy atom. The second-order valence-corrected chi connectivity index (χ2v) is 5.25. The summed E-state index contributed by atoms with van der Waals surface area (Å²) in [7, 11) is 0.